The van der Waals surface area contributed by atoms with Crippen molar-refractivity contribution in [2.75, 3.05) is 12.3 Å². The Morgan fingerprint density at radius 3 is 2.58 bits per heavy atom. The van der Waals surface area contributed by atoms with E-state index in [-0.39, 0.29) is 23.5 Å². The number of para-hydroxylation sites is 1. The van der Waals surface area contributed by atoms with Crippen LogP contribution in [0.3, 0.4) is 0 Å². The van der Waals surface area contributed by atoms with Crippen molar-refractivity contribution in [2.24, 2.45) is 0 Å². The van der Waals surface area contributed by atoms with E-state index in [1.165, 1.54) is 12.4 Å². The molecule has 0 bridgehead atoms. The van der Waals surface area contributed by atoms with Gasteiger partial charge in [0.05, 0.1) is 18.0 Å². The van der Waals surface area contributed by atoms with E-state index in [0.717, 1.165) is 6.42 Å². The molecule has 9 nitrogen and oxygen atoms in total. The Balaban J connectivity index is 1.45. The van der Waals surface area contributed by atoms with Crippen LogP contribution in [0.2, 0.25) is 0 Å². The van der Waals surface area contributed by atoms with Crippen LogP contribution in [0.15, 0.2) is 54.9 Å². The van der Waals surface area contributed by atoms with Gasteiger partial charge < -0.3 is 20.1 Å². The van der Waals surface area contributed by atoms with Crippen molar-refractivity contribution in [3.8, 4) is 22.8 Å². The summed E-state index contributed by atoms with van der Waals surface area (Å²) in [6.45, 7) is 6.45. The predicted octanol–water partition coefficient (Wildman–Crippen LogP) is 5.02. The molecule has 2 aromatic heterocycles. The molecule has 1 aliphatic heterocycles. The van der Waals surface area contributed by atoms with Gasteiger partial charge in [-0.15, -0.1) is 0 Å². The fraction of sp³-hybridized carbons (Fsp3) is 0.308. The number of hydrogen-bond acceptors (Lipinski definition) is 7. The van der Waals surface area contributed by atoms with Gasteiger partial charge >= 0.3 is 6.09 Å². The van der Waals surface area contributed by atoms with Crippen molar-refractivity contribution in [3.63, 3.8) is 0 Å². The molecular formula is C26H27FN6O3. The molecular weight excluding hydrogens is 463 g/mol. The van der Waals surface area contributed by atoms with Crippen LogP contribution in [0.5, 0.6) is 11.5 Å². The maximum absolute atomic E-state index is 15.3. The van der Waals surface area contributed by atoms with Gasteiger partial charge in [-0.3, -0.25) is 0 Å². The number of nitrogens with two attached hydrogens (primary N) is 1. The second kappa shape index (κ2) is 9.10. The fourth-order valence-corrected chi connectivity index (χ4v) is 4.11. The number of likely N-dealkylation sites (tertiary alicyclic amines) is 1. The molecule has 186 valence electrons. The Hall–Kier alpha value is -4.21. The van der Waals surface area contributed by atoms with Gasteiger partial charge in [-0.25, -0.2) is 23.8 Å². The molecule has 1 saturated heterocycles. The lowest BCUT2D eigenvalue weighted by Crippen LogP contribution is -2.54. The number of rotatable bonds is 5. The normalized spacial score (nSPS) is 15.6. The largest absolute Gasteiger partial charge is 0.457 e. The third-order valence-electron chi connectivity index (χ3n) is 5.89. The number of nitrogen functional groups attached to an aromatic ring is 1. The number of amides is 1. The number of fused-ring (bicyclic) bond motifs is 1. The number of ether oxygens (including phenoxy) is 2. The summed E-state index contributed by atoms with van der Waals surface area (Å²) in [5.74, 6) is 0.644. The number of halogens is 1. The van der Waals surface area contributed by atoms with Crippen LogP contribution in [0.1, 0.15) is 27.2 Å². The van der Waals surface area contributed by atoms with Crippen molar-refractivity contribution in [2.45, 2.75) is 45.4 Å². The van der Waals surface area contributed by atoms with Gasteiger partial charge in [-0.1, -0.05) is 18.2 Å². The maximum Gasteiger partial charge on any atom is 0.410 e. The first-order valence-corrected chi connectivity index (χ1v) is 11.7. The molecule has 2 aromatic carbocycles. The summed E-state index contributed by atoms with van der Waals surface area (Å²) in [4.78, 5) is 22.7. The maximum atomic E-state index is 15.3. The molecule has 1 fully saturated rings. The molecule has 1 atom stereocenters. The summed E-state index contributed by atoms with van der Waals surface area (Å²) in [6.07, 6.45) is 1.76. The minimum absolute atomic E-state index is 0.126. The molecule has 0 spiro atoms. The summed E-state index contributed by atoms with van der Waals surface area (Å²) >= 11 is 0. The van der Waals surface area contributed by atoms with E-state index in [0.29, 0.717) is 41.3 Å². The van der Waals surface area contributed by atoms with Crippen LogP contribution in [0, 0.1) is 5.82 Å². The molecule has 0 saturated carbocycles. The monoisotopic (exact) mass is 490 g/mol. The first kappa shape index (κ1) is 23.5. The molecule has 5 rings (SSSR count). The van der Waals surface area contributed by atoms with Crippen molar-refractivity contribution >= 4 is 22.9 Å². The number of anilines is 1. The van der Waals surface area contributed by atoms with Crippen LogP contribution in [0.25, 0.3) is 22.3 Å². The van der Waals surface area contributed by atoms with E-state index < -0.39 is 11.4 Å². The smallest absolute Gasteiger partial charge is 0.410 e. The Morgan fingerprint density at radius 1 is 1.14 bits per heavy atom. The highest BCUT2D eigenvalue weighted by Crippen LogP contribution is 2.35. The van der Waals surface area contributed by atoms with Crippen LogP contribution in [0.4, 0.5) is 15.0 Å². The highest BCUT2D eigenvalue weighted by molar-refractivity contribution is 5.98. The van der Waals surface area contributed by atoms with Crippen LogP contribution < -0.4 is 10.5 Å². The topological polar surface area (TPSA) is 108 Å². The minimum atomic E-state index is -0.585. The molecule has 2 N–H and O–H groups in total. The molecule has 3 heterocycles. The lowest BCUT2D eigenvalue weighted by Gasteiger charge is -2.41. The third-order valence-corrected chi connectivity index (χ3v) is 5.89. The average molecular weight is 491 g/mol. The van der Waals surface area contributed by atoms with Gasteiger partial charge in [0.1, 0.15) is 40.8 Å². The van der Waals surface area contributed by atoms with E-state index in [1.807, 2.05) is 39.0 Å². The SMILES string of the molecule is CC(C)(C)OC(=O)N1CCC1Cn1nc(-c2ccc(Oc3ccccc3)cc2F)c2c(N)ncnc21. The summed E-state index contributed by atoms with van der Waals surface area (Å²) in [5, 5.41) is 5.11. The molecule has 1 aliphatic rings. The molecule has 36 heavy (non-hydrogen) atoms. The number of nitrogens with zero attached hydrogens (tertiary/aromatic N) is 5. The zero-order valence-electron chi connectivity index (χ0n) is 20.3. The second-order valence-electron chi connectivity index (χ2n) is 9.66. The number of benzene rings is 2. The van der Waals surface area contributed by atoms with Crippen molar-refractivity contribution in [1.29, 1.82) is 0 Å². The number of aromatic nitrogens is 4. The number of carbonyl (C=O) groups is 1. The van der Waals surface area contributed by atoms with Crippen LogP contribution in [-0.2, 0) is 11.3 Å². The summed E-state index contributed by atoms with van der Waals surface area (Å²) in [6, 6.07) is 13.6. The average Bonchev–Trinajstić information content (AvgIpc) is 3.16. The first-order chi connectivity index (χ1) is 17.2. The minimum Gasteiger partial charge on any atom is -0.457 e. The zero-order valence-corrected chi connectivity index (χ0v) is 20.3. The predicted molar refractivity (Wildman–Crippen MR) is 133 cm³/mol. The van der Waals surface area contributed by atoms with E-state index in [9.17, 15) is 4.79 Å². The highest BCUT2D eigenvalue weighted by Gasteiger charge is 2.36. The zero-order chi connectivity index (χ0) is 25.4. The molecule has 0 radical (unpaired) electrons. The molecule has 4 aromatic rings. The number of carbonyl (C=O) groups excluding carboxylic acids is 1. The third kappa shape index (κ3) is 4.66. The quantitative estimate of drug-likeness (QED) is 0.419. The summed E-state index contributed by atoms with van der Waals surface area (Å²) in [5.41, 5.74) is 6.64. The molecule has 1 unspecified atom stereocenters. The van der Waals surface area contributed by atoms with Gasteiger partial charge in [0.15, 0.2) is 5.65 Å². The fourth-order valence-electron chi connectivity index (χ4n) is 4.11. The number of hydrogen-bond donors (Lipinski definition) is 1. The Bertz CT molecular complexity index is 1420. The lowest BCUT2D eigenvalue weighted by atomic mass is 10.0. The lowest BCUT2D eigenvalue weighted by molar-refractivity contribution is -0.00863. The van der Waals surface area contributed by atoms with Gasteiger partial charge in [-0.2, -0.15) is 5.10 Å². The van der Waals surface area contributed by atoms with E-state index in [4.69, 9.17) is 15.2 Å². The standard InChI is InChI=1S/C26H27FN6O3/c1-26(2,3)36-25(34)32-12-11-16(32)14-33-24-21(23(28)29-15-30-24)22(31-33)19-10-9-18(13-20(19)27)35-17-7-5-4-6-8-17/h4-10,13,15-16H,11-12,14H2,1-3H3,(H2,28,29,30). The van der Waals surface area contributed by atoms with Crippen LogP contribution in [-0.4, -0.2) is 48.9 Å². The molecule has 10 heteroatoms. The summed E-state index contributed by atoms with van der Waals surface area (Å²) < 4.78 is 28.2. The van der Waals surface area contributed by atoms with Gasteiger partial charge in [0.2, 0.25) is 0 Å². The van der Waals surface area contributed by atoms with Gasteiger partial charge in [0.25, 0.3) is 0 Å². The van der Waals surface area contributed by atoms with Gasteiger partial charge in [-0.05, 0) is 51.5 Å². The summed E-state index contributed by atoms with van der Waals surface area (Å²) in [7, 11) is 0. The van der Waals surface area contributed by atoms with Gasteiger partial charge in [0, 0.05) is 18.2 Å². The van der Waals surface area contributed by atoms with E-state index >= 15 is 4.39 Å². The Kier molecular flexibility index (Phi) is 5.95. The van der Waals surface area contributed by atoms with E-state index in [1.54, 1.807) is 33.8 Å². The Labute approximate surface area is 207 Å². The van der Waals surface area contributed by atoms with Crippen molar-refractivity contribution < 1.29 is 18.7 Å². The van der Waals surface area contributed by atoms with Crippen LogP contribution >= 0.6 is 0 Å². The molecule has 0 aliphatic carbocycles. The van der Waals surface area contributed by atoms with Crippen molar-refractivity contribution in [3.05, 3.63) is 60.7 Å². The Morgan fingerprint density at radius 2 is 1.92 bits per heavy atom. The van der Waals surface area contributed by atoms with E-state index in [2.05, 4.69) is 15.1 Å². The second-order valence-corrected chi connectivity index (χ2v) is 9.66. The highest BCUT2D eigenvalue weighted by atomic mass is 19.1. The molecule has 1 amide bonds. The van der Waals surface area contributed by atoms with Crippen molar-refractivity contribution in [1.82, 2.24) is 24.6 Å². The first-order valence-electron chi connectivity index (χ1n) is 11.7.